The first-order valence-electron chi connectivity index (χ1n) is 8.42. The predicted molar refractivity (Wildman–Crippen MR) is 91.5 cm³/mol. The van der Waals surface area contributed by atoms with Gasteiger partial charge in [0.1, 0.15) is 5.56 Å². The number of rotatable bonds is 3. The summed E-state index contributed by atoms with van der Waals surface area (Å²) in [7, 11) is 0. The van der Waals surface area contributed by atoms with E-state index >= 15 is 0 Å². The first kappa shape index (κ1) is 18.4. The van der Waals surface area contributed by atoms with Crippen LogP contribution in [0.3, 0.4) is 0 Å². The Labute approximate surface area is 156 Å². The zero-order chi connectivity index (χ0) is 20.2. The summed E-state index contributed by atoms with van der Waals surface area (Å²) in [5.41, 5.74) is 0.163. The quantitative estimate of drug-likeness (QED) is 0.655. The molecule has 3 aromatic rings. The van der Waals surface area contributed by atoms with E-state index in [1.165, 1.54) is 6.92 Å². The lowest BCUT2D eigenvalue weighted by Crippen LogP contribution is -2.09. The van der Waals surface area contributed by atoms with Gasteiger partial charge in [-0.2, -0.15) is 18.3 Å². The molecule has 0 fully saturated rings. The highest BCUT2D eigenvalue weighted by atomic mass is 19.4. The SMILES string of the molecule is Cc1cc(C(F)F)cn2nc(Cc3ccc4c(c3)CC(=O)N4)c(C(F)(F)F)c12. The Bertz CT molecular complexity index is 1100. The molecule has 2 aromatic heterocycles. The van der Waals surface area contributed by atoms with Gasteiger partial charge in [0.05, 0.1) is 17.6 Å². The summed E-state index contributed by atoms with van der Waals surface area (Å²) in [4.78, 5) is 11.5. The standard InChI is InChI=1S/C19H14F5N3O/c1-9-4-12(18(20)21)8-27-17(9)16(19(22,23)24)14(26-27)6-10-2-3-13-11(5-10)7-15(28)25-13/h2-5,8,18H,6-7H2,1H3,(H,25,28). The molecule has 1 amide bonds. The van der Waals surface area contributed by atoms with Gasteiger partial charge in [-0.1, -0.05) is 12.1 Å². The van der Waals surface area contributed by atoms with E-state index in [0.29, 0.717) is 16.8 Å². The topological polar surface area (TPSA) is 46.4 Å². The predicted octanol–water partition coefficient (Wildman–Crippen LogP) is 4.68. The minimum absolute atomic E-state index is 0.0765. The number of pyridine rings is 1. The van der Waals surface area contributed by atoms with Crippen LogP contribution >= 0.6 is 0 Å². The summed E-state index contributed by atoms with van der Waals surface area (Å²) < 4.78 is 68.2. The van der Waals surface area contributed by atoms with Crippen molar-refractivity contribution in [3.63, 3.8) is 0 Å². The van der Waals surface area contributed by atoms with Crippen molar-refractivity contribution >= 4 is 17.1 Å². The highest BCUT2D eigenvalue weighted by Crippen LogP contribution is 2.38. The van der Waals surface area contributed by atoms with Crippen molar-refractivity contribution < 1.29 is 26.7 Å². The summed E-state index contributed by atoms with van der Waals surface area (Å²) in [5, 5.41) is 6.63. The molecule has 1 N–H and O–H groups in total. The molecule has 0 atom stereocenters. The summed E-state index contributed by atoms with van der Waals surface area (Å²) in [6, 6.07) is 5.97. The van der Waals surface area contributed by atoms with E-state index in [1.54, 1.807) is 18.2 Å². The number of aryl methyl sites for hydroxylation is 1. The van der Waals surface area contributed by atoms with Crippen molar-refractivity contribution in [1.29, 1.82) is 0 Å². The number of alkyl halides is 5. The normalized spacial score (nSPS) is 14.0. The van der Waals surface area contributed by atoms with Crippen molar-refractivity contribution in [2.45, 2.75) is 32.4 Å². The molecule has 4 nitrogen and oxygen atoms in total. The molecular formula is C19H14F5N3O. The fraction of sp³-hybridized carbons (Fsp3) is 0.263. The fourth-order valence-corrected chi connectivity index (χ4v) is 3.58. The number of aromatic nitrogens is 2. The van der Waals surface area contributed by atoms with Crippen molar-refractivity contribution in [1.82, 2.24) is 9.61 Å². The van der Waals surface area contributed by atoms with Gasteiger partial charge >= 0.3 is 6.18 Å². The van der Waals surface area contributed by atoms with Crippen molar-refractivity contribution in [2.24, 2.45) is 0 Å². The number of amides is 1. The molecule has 0 radical (unpaired) electrons. The van der Waals surface area contributed by atoms with E-state index in [4.69, 9.17) is 0 Å². The third kappa shape index (κ3) is 3.10. The number of carbonyl (C=O) groups excluding carboxylic acids is 1. The average molecular weight is 395 g/mol. The van der Waals surface area contributed by atoms with Gasteiger partial charge in [-0.25, -0.2) is 13.3 Å². The van der Waals surface area contributed by atoms with Crippen LogP contribution in [0.15, 0.2) is 30.5 Å². The second-order valence-electron chi connectivity index (χ2n) is 6.76. The Morgan fingerprint density at radius 1 is 1.25 bits per heavy atom. The van der Waals surface area contributed by atoms with Crippen molar-refractivity contribution in [3.05, 3.63) is 64.0 Å². The Morgan fingerprint density at radius 2 is 2.00 bits per heavy atom. The molecule has 0 unspecified atom stereocenters. The molecule has 146 valence electrons. The molecule has 0 aliphatic carbocycles. The smallest absolute Gasteiger partial charge is 0.326 e. The maximum atomic E-state index is 13.8. The van der Waals surface area contributed by atoms with E-state index in [0.717, 1.165) is 16.8 Å². The molecule has 1 aliphatic rings. The summed E-state index contributed by atoms with van der Waals surface area (Å²) in [6.07, 6.45) is -6.55. The van der Waals surface area contributed by atoms with Crippen LogP contribution in [0.25, 0.3) is 5.52 Å². The molecule has 0 saturated carbocycles. The van der Waals surface area contributed by atoms with E-state index in [9.17, 15) is 26.7 Å². The van der Waals surface area contributed by atoms with Crippen molar-refractivity contribution in [2.75, 3.05) is 5.32 Å². The number of anilines is 1. The number of fused-ring (bicyclic) bond motifs is 2. The molecule has 1 aromatic carbocycles. The lowest BCUT2D eigenvalue weighted by Gasteiger charge is -2.10. The maximum absolute atomic E-state index is 13.8. The van der Waals surface area contributed by atoms with E-state index in [1.807, 2.05) is 0 Å². The lowest BCUT2D eigenvalue weighted by atomic mass is 10.0. The minimum atomic E-state index is -4.69. The number of hydrogen-bond acceptors (Lipinski definition) is 2. The number of halogens is 5. The Morgan fingerprint density at radius 3 is 2.68 bits per heavy atom. The summed E-state index contributed by atoms with van der Waals surface area (Å²) >= 11 is 0. The molecule has 9 heteroatoms. The maximum Gasteiger partial charge on any atom is 0.420 e. The number of carbonyl (C=O) groups is 1. The van der Waals surface area contributed by atoms with E-state index in [2.05, 4.69) is 10.4 Å². The van der Waals surface area contributed by atoms with Crippen LogP contribution in [0.4, 0.5) is 27.6 Å². The Kier molecular flexibility index (Phi) is 4.13. The van der Waals surface area contributed by atoms with Gasteiger partial charge < -0.3 is 5.32 Å². The van der Waals surface area contributed by atoms with Crippen LogP contribution in [0.1, 0.15) is 39.9 Å². The third-order valence-corrected chi connectivity index (χ3v) is 4.71. The molecule has 0 spiro atoms. The van der Waals surface area contributed by atoms with E-state index < -0.39 is 23.7 Å². The zero-order valence-electron chi connectivity index (χ0n) is 14.6. The number of nitrogens with one attached hydrogen (secondary N) is 1. The molecule has 3 heterocycles. The molecule has 28 heavy (non-hydrogen) atoms. The van der Waals surface area contributed by atoms with Gasteiger partial charge in [0, 0.05) is 23.9 Å². The Balaban J connectivity index is 1.83. The van der Waals surface area contributed by atoms with Crippen molar-refractivity contribution in [3.8, 4) is 0 Å². The number of benzene rings is 1. The van der Waals surface area contributed by atoms with Crippen LogP contribution in [-0.4, -0.2) is 15.5 Å². The van der Waals surface area contributed by atoms with Crippen LogP contribution in [0.5, 0.6) is 0 Å². The summed E-state index contributed by atoms with van der Waals surface area (Å²) in [6.45, 7) is 1.36. The molecule has 1 aliphatic heterocycles. The minimum Gasteiger partial charge on any atom is -0.326 e. The largest absolute Gasteiger partial charge is 0.420 e. The average Bonchev–Trinajstić information content (AvgIpc) is 3.13. The molecule has 4 rings (SSSR count). The second kappa shape index (κ2) is 6.29. The van der Waals surface area contributed by atoms with Crippen LogP contribution in [0, 0.1) is 6.92 Å². The van der Waals surface area contributed by atoms with Gasteiger partial charge in [0.2, 0.25) is 5.91 Å². The first-order chi connectivity index (χ1) is 13.1. The molecule has 0 saturated heterocycles. The highest BCUT2D eigenvalue weighted by Gasteiger charge is 2.39. The van der Waals surface area contributed by atoms with Crippen LogP contribution < -0.4 is 5.32 Å². The second-order valence-corrected chi connectivity index (χ2v) is 6.76. The fourth-order valence-electron chi connectivity index (χ4n) is 3.58. The van der Waals surface area contributed by atoms with Crippen LogP contribution in [0.2, 0.25) is 0 Å². The Hall–Kier alpha value is -2.97. The molecule has 0 bridgehead atoms. The summed E-state index contributed by atoms with van der Waals surface area (Å²) in [5.74, 6) is -0.175. The molecular weight excluding hydrogens is 381 g/mol. The van der Waals surface area contributed by atoms with Gasteiger partial charge in [0.25, 0.3) is 6.43 Å². The van der Waals surface area contributed by atoms with E-state index in [-0.39, 0.29) is 35.5 Å². The number of nitrogens with zero attached hydrogens (tertiary/aromatic N) is 2. The first-order valence-corrected chi connectivity index (χ1v) is 8.42. The third-order valence-electron chi connectivity index (χ3n) is 4.71. The van der Waals surface area contributed by atoms with Gasteiger partial charge in [-0.15, -0.1) is 0 Å². The van der Waals surface area contributed by atoms with Crippen LogP contribution in [-0.2, 0) is 23.8 Å². The van der Waals surface area contributed by atoms with Gasteiger partial charge in [0.15, 0.2) is 0 Å². The number of hydrogen-bond donors (Lipinski definition) is 1. The monoisotopic (exact) mass is 395 g/mol. The van der Waals surface area contributed by atoms with Gasteiger partial charge in [-0.3, -0.25) is 4.79 Å². The van der Waals surface area contributed by atoms with Gasteiger partial charge in [-0.05, 0) is 35.7 Å². The highest BCUT2D eigenvalue weighted by molar-refractivity contribution is 5.99. The lowest BCUT2D eigenvalue weighted by molar-refractivity contribution is -0.136. The zero-order valence-corrected chi connectivity index (χ0v) is 14.6.